The first-order chi connectivity index (χ1) is 8.99. The lowest BCUT2D eigenvalue weighted by Crippen LogP contribution is -2.34. The molecule has 0 unspecified atom stereocenters. The van der Waals surface area contributed by atoms with E-state index in [0.29, 0.717) is 18.2 Å². The number of ether oxygens (including phenoxy) is 2. The Balaban J connectivity index is 2.24. The highest BCUT2D eigenvalue weighted by Gasteiger charge is 2.09. The van der Waals surface area contributed by atoms with Crippen molar-refractivity contribution in [3.63, 3.8) is 0 Å². The van der Waals surface area contributed by atoms with E-state index in [2.05, 4.69) is 0 Å². The van der Waals surface area contributed by atoms with Gasteiger partial charge in [0.25, 0.3) is 0 Å². The van der Waals surface area contributed by atoms with Crippen molar-refractivity contribution >= 4 is 17.5 Å². The van der Waals surface area contributed by atoms with E-state index in [1.807, 2.05) is 13.8 Å². The minimum Gasteiger partial charge on any atom is -0.492 e. The summed E-state index contributed by atoms with van der Waals surface area (Å²) in [4.78, 5) is 13.3. The Morgan fingerprint density at radius 1 is 1.32 bits per heavy atom. The molecule has 0 saturated carbocycles. The quantitative estimate of drug-likeness (QED) is 0.773. The first kappa shape index (κ1) is 15.8. The molecule has 19 heavy (non-hydrogen) atoms. The molecule has 0 heterocycles. The van der Waals surface area contributed by atoms with Gasteiger partial charge in [-0.25, -0.2) is 0 Å². The summed E-state index contributed by atoms with van der Waals surface area (Å²) in [5.41, 5.74) is 0. The topological polar surface area (TPSA) is 38.8 Å². The standard InChI is InChI=1S/C14H20ClNO3/c1-11(2)19-10-14(17)16(3)8-9-18-13-6-4-12(15)5-7-13/h4-7,11H,8-10H2,1-3H3. The number of carbonyl (C=O) groups is 1. The summed E-state index contributed by atoms with van der Waals surface area (Å²) in [6.45, 7) is 4.86. The highest BCUT2D eigenvalue weighted by molar-refractivity contribution is 6.30. The van der Waals surface area contributed by atoms with E-state index in [9.17, 15) is 4.79 Å². The van der Waals surface area contributed by atoms with E-state index in [4.69, 9.17) is 21.1 Å². The van der Waals surface area contributed by atoms with E-state index in [0.717, 1.165) is 5.75 Å². The molecule has 5 heteroatoms. The predicted molar refractivity (Wildman–Crippen MR) is 75.7 cm³/mol. The van der Waals surface area contributed by atoms with Crippen molar-refractivity contribution in [3.8, 4) is 5.75 Å². The second-order valence-corrected chi connectivity index (χ2v) is 4.91. The largest absolute Gasteiger partial charge is 0.492 e. The van der Waals surface area contributed by atoms with Crippen LogP contribution in [0.4, 0.5) is 0 Å². The molecule has 1 aromatic rings. The summed E-state index contributed by atoms with van der Waals surface area (Å²) in [6, 6.07) is 7.13. The molecule has 0 spiro atoms. The smallest absolute Gasteiger partial charge is 0.248 e. The van der Waals surface area contributed by atoms with Crippen LogP contribution in [0.1, 0.15) is 13.8 Å². The first-order valence-electron chi connectivity index (χ1n) is 6.23. The van der Waals surface area contributed by atoms with Gasteiger partial charge in [0.2, 0.25) is 5.91 Å². The fourth-order valence-corrected chi connectivity index (χ4v) is 1.43. The van der Waals surface area contributed by atoms with E-state index >= 15 is 0 Å². The number of benzene rings is 1. The van der Waals surface area contributed by atoms with E-state index < -0.39 is 0 Å². The molecule has 0 radical (unpaired) electrons. The number of carbonyl (C=O) groups excluding carboxylic acids is 1. The molecule has 1 aromatic carbocycles. The Labute approximate surface area is 119 Å². The first-order valence-corrected chi connectivity index (χ1v) is 6.60. The third-order valence-corrected chi connectivity index (χ3v) is 2.73. The molecule has 0 aliphatic carbocycles. The summed E-state index contributed by atoms with van der Waals surface area (Å²) in [7, 11) is 1.73. The van der Waals surface area contributed by atoms with Gasteiger partial charge in [0.1, 0.15) is 19.0 Å². The monoisotopic (exact) mass is 285 g/mol. The molecule has 0 fully saturated rings. The van der Waals surface area contributed by atoms with Crippen molar-refractivity contribution in [2.75, 3.05) is 26.8 Å². The van der Waals surface area contributed by atoms with Gasteiger partial charge in [-0.1, -0.05) is 11.6 Å². The molecule has 106 valence electrons. The number of hydrogen-bond acceptors (Lipinski definition) is 3. The summed E-state index contributed by atoms with van der Waals surface area (Å²) in [6.07, 6.45) is 0.0580. The lowest BCUT2D eigenvalue weighted by molar-refractivity contribution is -0.136. The van der Waals surface area contributed by atoms with Crippen LogP contribution < -0.4 is 4.74 Å². The average molecular weight is 286 g/mol. The van der Waals surface area contributed by atoms with Gasteiger partial charge in [-0.15, -0.1) is 0 Å². The summed E-state index contributed by atoms with van der Waals surface area (Å²) in [5, 5.41) is 0.672. The number of halogens is 1. The molecule has 0 saturated heterocycles. The Bertz CT molecular complexity index is 392. The maximum absolute atomic E-state index is 11.7. The lowest BCUT2D eigenvalue weighted by atomic mass is 10.3. The second-order valence-electron chi connectivity index (χ2n) is 4.48. The van der Waals surface area contributed by atoms with Crippen LogP contribution in [0.3, 0.4) is 0 Å². The Morgan fingerprint density at radius 3 is 2.53 bits per heavy atom. The van der Waals surface area contributed by atoms with Gasteiger partial charge in [-0.3, -0.25) is 4.79 Å². The van der Waals surface area contributed by atoms with Gasteiger partial charge < -0.3 is 14.4 Å². The molecule has 0 aliphatic rings. The van der Waals surface area contributed by atoms with Gasteiger partial charge in [-0.2, -0.15) is 0 Å². The average Bonchev–Trinajstić information content (AvgIpc) is 2.38. The van der Waals surface area contributed by atoms with Crippen LogP contribution in [0.2, 0.25) is 5.02 Å². The van der Waals surface area contributed by atoms with Crippen LogP contribution >= 0.6 is 11.6 Å². The highest BCUT2D eigenvalue weighted by atomic mass is 35.5. The SMILES string of the molecule is CC(C)OCC(=O)N(C)CCOc1ccc(Cl)cc1. The van der Waals surface area contributed by atoms with Crippen LogP contribution in [-0.2, 0) is 9.53 Å². The van der Waals surface area contributed by atoms with Crippen LogP contribution in [0.5, 0.6) is 5.75 Å². The number of rotatable bonds is 7. The van der Waals surface area contributed by atoms with E-state index in [1.165, 1.54) is 0 Å². The number of nitrogens with zero attached hydrogens (tertiary/aromatic N) is 1. The molecule has 0 N–H and O–H groups in total. The Morgan fingerprint density at radius 2 is 1.95 bits per heavy atom. The van der Waals surface area contributed by atoms with Crippen molar-refractivity contribution in [1.29, 1.82) is 0 Å². The normalized spacial score (nSPS) is 10.6. The zero-order chi connectivity index (χ0) is 14.3. The van der Waals surface area contributed by atoms with Gasteiger partial charge in [0.05, 0.1) is 12.6 Å². The fraction of sp³-hybridized carbons (Fsp3) is 0.500. The highest BCUT2D eigenvalue weighted by Crippen LogP contribution is 2.15. The summed E-state index contributed by atoms with van der Waals surface area (Å²) in [5.74, 6) is 0.692. The predicted octanol–water partition coefficient (Wildman–Crippen LogP) is 2.60. The van der Waals surface area contributed by atoms with Gasteiger partial charge in [0, 0.05) is 12.1 Å². The molecule has 0 aromatic heterocycles. The van der Waals surface area contributed by atoms with Crippen LogP contribution in [0, 0.1) is 0 Å². The number of hydrogen-bond donors (Lipinski definition) is 0. The second kappa shape index (κ2) is 8.02. The van der Waals surface area contributed by atoms with Crippen LogP contribution in [0.25, 0.3) is 0 Å². The van der Waals surface area contributed by atoms with E-state index in [-0.39, 0.29) is 18.6 Å². The summed E-state index contributed by atoms with van der Waals surface area (Å²) < 4.78 is 10.8. The summed E-state index contributed by atoms with van der Waals surface area (Å²) >= 11 is 5.78. The molecule has 1 rings (SSSR count). The third-order valence-electron chi connectivity index (χ3n) is 2.47. The number of amides is 1. The van der Waals surface area contributed by atoms with Crippen molar-refractivity contribution in [1.82, 2.24) is 4.90 Å². The molecule has 0 atom stereocenters. The maximum atomic E-state index is 11.7. The molecular weight excluding hydrogens is 266 g/mol. The minimum absolute atomic E-state index is 0.0478. The molecule has 0 aliphatic heterocycles. The van der Waals surface area contributed by atoms with Gasteiger partial charge >= 0.3 is 0 Å². The Kier molecular flexibility index (Phi) is 6.67. The molecule has 0 bridgehead atoms. The van der Waals surface area contributed by atoms with Crippen molar-refractivity contribution in [3.05, 3.63) is 29.3 Å². The Hall–Kier alpha value is -1.26. The van der Waals surface area contributed by atoms with Crippen LogP contribution in [-0.4, -0.2) is 43.7 Å². The van der Waals surface area contributed by atoms with Gasteiger partial charge in [-0.05, 0) is 38.1 Å². The lowest BCUT2D eigenvalue weighted by Gasteiger charge is -2.18. The molecule has 1 amide bonds. The zero-order valence-corrected chi connectivity index (χ0v) is 12.3. The van der Waals surface area contributed by atoms with E-state index in [1.54, 1.807) is 36.2 Å². The zero-order valence-electron chi connectivity index (χ0n) is 11.6. The number of likely N-dealkylation sites (N-methyl/N-ethyl adjacent to an activating group) is 1. The van der Waals surface area contributed by atoms with Crippen molar-refractivity contribution in [2.24, 2.45) is 0 Å². The fourth-order valence-electron chi connectivity index (χ4n) is 1.30. The molecule has 4 nitrogen and oxygen atoms in total. The van der Waals surface area contributed by atoms with Gasteiger partial charge in [0.15, 0.2) is 0 Å². The third kappa shape index (κ3) is 6.45. The minimum atomic E-state index is -0.0478. The van der Waals surface area contributed by atoms with Crippen molar-refractivity contribution in [2.45, 2.75) is 20.0 Å². The maximum Gasteiger partial charge on any atom is 0.248 e. The van der Waals surface area contributed by atoms with Crippen molar-refractivity contribution < 1.29 is 14.3 Å². The van der Waals surface area contributed by atoms with Crippen LogP contribution in [0.15, 0.2) is 24.3 Å². The molecular formula is C14H20ClNO3.